The summed E-state index contributed by atoms with van der Waals surface area (Å²) in [5, 5.41) is 2.24. The molecule has 364 valence electrons. The minimum atomic E-state index is -0.616. The Bertz CT molecular complexity index is 4550. The van der Waals surface area contributed by atoms with Crippen molar-refractivity contribution in [3.63, 3.8) is 0 Å². The number of fused-ring (bicyclic) bond motifs is 21. The molecular formula is C74H45NO3. The van der Waals surface area contributed by atoms with Gasteiger partial charge in [-0.25, -0.2) is 0 Å². The second-order valence-electron chi connectivity index (χ2n) is 21.0. The van der Waals surface area contributed by atoms with Gasteiger partial charge in [0.1, 0.15) is 34.2 Å². The first-order valence-electron chi connectivity index (χ1n) is 26.8. The standard InChI is InChI=1S/C74H45NO3/c1-4-20-58-53(16-1)55-42-36-48(44-64(55)73(58)60-22-6-11-27-67(60)77-68-28-12-7-23-61(68)73)46-32-37-49(38-33-46)75(50-39-34-47(35-40-50)52-19-15-31-71-72(52)57-18-3-10-26-66(57)76-71)51-41-43-56-54-17-2-5-21-59(54)74(65(56)45-51)62-24-8-13-29-69(62)78-70-30-14-9-25-63(70)74/h1-45H. The predicted molar refractivity (Wildman–Crippen MR) is 314 cm³/mol. The average Bonchev–Trinajstić information content (AvgIpc) is 3.86. The van der Waals surface area contributed by atoms with Crippen LogP contribution in [0.1, 0.15) is 44.5 Å². The lowest BCUT2D eigenvalue weighted by molar-refractivity contribution is 0.436. The summed E-state index contributed by atoms with van der Waals surface area (Å²) in [5.41, 5.74) is 22.9. The number of furan rings is 1. The molecule has 3 heterocycles. The van der Waals surface area contributed by atoms with Gasteiger partial charge < -0.3 is 18.8 Å². The van der Waals surface area contributed by atoms with Crippen LogP contribution < -0.4 is 14.4 Å². The van der Waals surface area contributed by atoms with Gasteiger partial charge in [-0.1, -0.05) is 194 Å². The third kappa shape index (κ3) is 5.78. The first-order chi connectivity index (χ1) is 38.7. The molecule has 78 heavy (non-hydrogen) atoms. The molecule has 0 amide bonds. The minimum absolute atomic E-state index is 0.553. The second-order valence-corrected chi connectivity index (χ2v) is 21.0. The lowest BCUT2D eigenvalue weighted by Gasteiger charge is -2.39. The van der Waals surface area contributed by atoms with Gasteiger partial charge in [-0.3, -0.25) is 0 Å². The van der Waals surface area contributed by atoms with Crippen molar-refractivity contribution in [2.45, 2.75) is 10.8 Å². The summed E-state index contributed by atoms with van der Waals surface area (Å²) >= 11 is 0. The van der Waals surface area contributed by atoms with Gasteiger partial charge in [0.2, 0.25) is 0 Å². The van der Waals surface area contributed by atoms with Crippen molar-refractivity contribution < 1.29 is 13.9 Å². The van der Waals surface area contributed by atoms with Gasteiger partial charge >= 0.3 is 0 Å². The molecule has 2 spiro atoms. The van der Waals surface area contributed by atoms with E-state index in [9.17, 15) is 0 Å². The zero-order chi connectivity index (χ0) is 51.1. The Hall–Kier alpha value is -10.2. The maximum atomic E-state index is 6.73. The largest absolute Gasteiger partial charge is 0.457 e. The summed E-state index contributed by atoms with van der Waals surface area (Å²) in [4.78, 5) is 2.42. The number of benzene rings is 12. The summed E-state index contributed by atoms with van der Waals surface area (Å²) in [7, 11) is 0. The average molecular weight is 996 g/mol. The molecule has 13 aromatic rings. The zero-order valence-electron chi connectivity index (χ0n) is 42.2. The van der Waals surface area contributed by atoms with E-state index in [0.717, 1.165) is 107 Å². The molecule has 0 atom stereocenters. The third-order valence-electron chi connectivity index (χ3n) is 17.2. The molecule has 0 unspecified atom stereocenters. The van der Waals surface area contributed by atoms with Gasteiger partial charge in [-0.05, 0) is 146 Å². The Morgan fingerprint density at radius 2 is 0.654 bits per heavy atom. The number of para-hydroxylation sites is 5. The number of nitrogens with zero attached hydrogens (tertiary/aromatic N) is 1. The Morgan fingerprint density at radius 1 is 0.256 bits per heavy atom. The van der Waals surface area contributed by atoms with Gasteiger partial charge in [-0.2, -0.15) is 0 Å². The molecule has 0 N–H and O–H groups in total. The first-order valence-corrected chi connectivity index (χ1v) is 26.8. The van der Waals surface area contributed by atoms with E-state index in [1.54, 1.807) is 0 Å². The highest BCUT2D eigenvalue weighted by Gasteiger charge is 2.52. The highest BCUT2D eigenvalue weighted by atomic mass is 16.5. The van der Waals surface area contributed by atoms with Gasteiger partial charge in [0.05, 0.1) is 10.8 Å². The Labute approximate surface area is 451 Å². The molecule has 4 heteroatoms. The van der Waals surface area contributed by atoms with E-state index >= 15 is 0 Å². The highest BCUT2D eigenvalue weighted by molar-refractivity contribution is 6.12. The van der Waals surface area contributed by atoms with Crippen LogP contribution >= 0.6 is 0 Å². The van der Waals surface area contributed by atoms with E-state index in [0.29, 0.717) is 0 Å². The van der Waals surface area contributed by atoms with Crippen molar-refractivity contribution in [3.8, 4) is 67.5 Å². The molecule has 0 fully saturated rings. The number of hydrogen-bond donors (Lipinski definition) is 0. The molecule has 4 nitrogen and oxygen atoms in total. The zero-order valence-corrected chi connectivity index (χ0v) is 42.2. The number of ether oxygens (including phenoxy) is 2. The number of anilines is 3. The lowest BCUT2D eigenvalue weighted by Crippen LogP contribution is -2.32. The molecule has 1 aromatic heterocycles. The topological polar surface area (TPSA) is 34.8 Å². The normalized spacial score (nSPS) is 14.1. The van der Waals surface area contributed by atoms with Crippen LogP contribution in [-0.2, 0) is 10.8 Å². The van der Waals surface area contributed by atoms with E-state index in [2.05, 4.69) is 266 Å². The molecule has 0 saturated heterocycles. The van der Waals surface area contributed by atoms with E-state index in [4.69, 9.17) is 13.9 Å². The van der Waals surface area contributed by atoms with E-state index in [1.807, 2.05) is 12.1 Å². The monoisotopic (exact) mass is 995 g/mol. The fraction of sp³-hybridized carbons (Fsp3) is 0.0270. The Balaban J connectivity index is 0.841. The van der Waals surface area contributed by atoms with Crippen molar-refractivity contribution >= 4 is 39.0 Å². The van der Waals surface area contributed by atoms with Crippen LogP contribution in [0.4, 0.5) is 17.1 Å². The van der Waals surface area contributed by atoms with Crippen molar-refractivity contribution in [1.29, 1.82) is 0 Å². The highest BCUT2D eigenvalue weighted by Crippen LogP contribution is 2.64. The maximum absolute atomic E-state index is 6.73. The van der Waals surface area contributed by atoms with Gasteiger partial charge in [0, 0.05) is 50.1 Å². The summed E-state index contributed by atoms with van der Waals surface area (Å²) in [6, 6.07) is 99.2. The minimum Gasteiger partial charge on any atom is -0.457 e. The van der Waals surface area contributed by atoms with E-state index in [-0.39, 0.29) is 0 Å². The molecule has 4 aliphatic rings. The van der Waals surface area contributed by atoms with Crippen LogP contribution in [0.2, 0.25) is 0 Å². The van der Waals surface area contributed by atoms with Crippen LogP contribution in [0.25, 0.3) is 66.4 Å². The predicted octanol–water partition coefficient (Wildman–Crippen LogP) is 19.3. The van der Waals surface area contributed by atoms with Gasteiger partial charge in [0.15, 0.2) is 0 Å². The molecule has 12 aromatic carbocycles. The molecule has 2 aliphatic carbocycles. The summed E-state index contributed by atoms with van der Waals surface area (Å²) in [5.74, 6) is 3.53. The quantitative estimate of drug-likeness (QED) is 0.172. The Morgan fingerprint density at radius 3 is 1.22 bits per heavy atom. The molecule has 2 aliphatic heterocycles. The van der Waals surface area contributed by atoms with Crippen molar-refractivity contribution in [1.82, 2.24) is 0 Å². The molecule has 17 rings (SSSR count). The SMILES string of the molecule is c1ccc2c(c1)Oc1ccccc1C21c2ccccc2-c2ccc(-c3ccc(N(c4ccc(-c5cccc6oc7ccccc7c56)cc4)c4ccc5c(c4)C4(c6ccccc6Oc6ccccc64)c4ccccc4-5)cc3)cc21. The molecular weight excluding hydrogens is 951 g/mol. The number of rotatable bonds is 5. The maximum Gasteiger partial charge on any atom is 0.136 e. The third-order valence-corrected chi connectivity index (χ3v) is 17.2. The van der Waals surface area contributed by atoms with Crippen LogP contribution in [0.5, 0.6) is 23.0 Å². The summed E-state index contributed by atoms with van der Waals surface area (Å²) < 4.78 is 19.8. The molecule has 0 saturated carbocycles. The summed E-state index contributed by atoms with van der Waals surface area (Å²) in [6.07, 6.45) is 0. The van der Waals surface area contributed by atoms with Crippen LogP contribution in [0.15, 0.2) is 277 Å². The summed E-state index contributed by atoms with van der Waals surface area (Å²) in [6.45, 7) is 0. The fourth-order valence-corrected chi connectivity index (χ4v) is 14.1. The van der Waals surface area contributed by atoms with Crippen LogP contribution in [0.3, 0.4) is 0 Å². The van der Waals surface area contributed by atoms with E-state index in [1.165, 1.54) is 44.5 Å². The van der Waals surface area contributed by atoms with Gasteiger partial charge in [-0.15, -0.1) is 0 Å². The smallest absolute Gasteiger partial charge is 0.136 e. The molecule has 0 bridgehead atoms. The Kier molecular flexibility index (Phi) is 8.94. The number of hydrogen-bond acceptors (Lipinski definition) is 4. The van der Waals surface area contributed by atoms with Crippen LogP contribution in [0, 0.1) is 0 Å². The fourth-order valence-electron chi connectivity index (χ4n) is 14.1. The lowest BCUT2D eigenvalue weighted by atomic mass is 9.66. The van der Waals surface area contributed by atoms with E-state index < -0.39 is 10.8 Å². The first kappa shape index (κ1) is 43.1. The molecule has 0 radical (unpaired) electrons. The van der Waals surface area contributed by atoms with Crippen molar-refractivity contribution in [3.05, 3.63) is 317 Å². The second kappa shape index (κ2) is 16.2. The van der Waals surface area contributed by atoms with Crippen LogP contribution in [-0.4, -0.2) is 0 Å². The van der Waals surface area contributed by atoms with Crippen molar-refractivity contribution in [2.75, 3.05) is 4.90 Å². The van der Waals surface area contributed by atoms with Gasteiger partial charge in [0.25, 0.3) is 0 Å². The van der Waals surface area contributed by atoms with Crippen molar-refractivity contribution in [2.24, 2.45) is 0 Å².